The number of hydrogen-bond donors (Lipinski definition) is 2. The zero-order valence-electron chi connectivity index (χ0n) is 15.4. The highest BCUT2D eigenvalue weighted by molar-refractivity contribution is 9.10. The third-order valence-electron chi connectivity index (χ3n) is 4.54. The van der Waals surface area contributed by atoms with Gasteiger partial charge in [-0.25, -0.2) is 4.39 Å². The number of carbonyl (C=O) groups excluding carboxylic acids is 2. The van der Waals surface area contributed by atoms with Crippen LogP contribution in [0, 0.1) is 5.82 Å². The molecule has 0 radical (unpaired) electrons. The van der Waals surface area contributed by atoms with Gasteiger partial charge in [-0.15, -0.1) is 0 Å². The fourth-order valence-electron chi connectivity index (χ4n) is 2.84. The Morgan fingerprint density at radius 2 is 1.83 bits per heavy atom. The Kier molecular flexibility index (Phi) is 5.44. The quantitative estimate of drug-likeness (QED) is 0.588. The number of carbonyl (C=O) groups is 2. The molecule has 1 fully saturated rings. The molecule has 8 heteroatoms. The van der Waals surface area contributed by atoms with Gasteiger partial charge in [0.25, 0.3) is 11.8 Å². The SMILES string of the molecule is O=C(Nc1nn(Cc2ccccc2F)cc1Br)c1cccc(C(=O)NC2CC2)c1. The van der Waals surface area contributed by atoms with E-state index in [1.807, 2.05) is 0 Å². The zero-order chi connectivity index (χ0) is 20.4. The molecule has 0 aliphatic heterocycles. The normalized spacial score (nSPS) is 13.2. The molecule has 0 bridgehead atoms. The Balaban J connectivity index is 1.46. The van der Waals surface area contributed by atoms with Crippen molar-refractivity contribution in [1.82, 2.24) is 15.1 Å². The Morgan fingerprint density at radius 3 is 2.55 bits per heavy atom. The number of nitrogens with one attached hydrogen (secondary N) is 2. The van der Waals surface area contributed by atoms with Crippen LogP contribution in [0.1, 0.15) is 39.1 Å². The van der Waals surface area contributed by atoms with Gasteiger partial charge in [0.1, 0.15) is 5.82 Å². The predicted molar refractivity (Wildman–Crippen MR) is 110 cm³/mol. The third-order valence-corrected chi connectivity index (χ3v) is 5.12. The van der Waals surface area contributed by atoms with E-state index in [4.69, 9.17) is 0 Å². The van der Waals surface area contributed by atoms with E-state index < -0.39 is 0 Å². The molecule has 4 rings (SSSR count). The first-order valence-electron chi connectivity index (χ1n) is 9.18. The van der Waals surface area contributed by atoms with Gasteiger partial charge in [-0.05, 0) is 53.0 Å². The smallest absolute Gasteiger partial charge is 0.256 e. The molecule has 1 aliphatic rings. The second-order valence-corrected chi connectivity index (χ2v) is 7.75. The second-order valence-electron chi connectivity index (χ2n) is 6.90. The average molecular weight is 457 g/mol. The summed E-state index contributed by atoms with van der Waals surface area (Å²) < 4.78 is 16.0. The van der Waals surface area contributed by atoms with E-state index in [2.05, 4.69) is 31.7 Å². The molecular weight excluding hydrogens is 439 g/mol. The zero-order valence-corrected chi connectivity index (χ0v) is 16.9. The van der Waals surface area contributed by atoms with Crippen LogP contribution in [0.5, 0.6) is 0 Å². The number of amides is 2. The maximum absolute atomic E-state index is 13.8. The van der Waals surface area contributed by atoms with Crippen LogP contribution in [0.4, 0.5) is 10.2 Å². The first kappa shape index (κ1) is 19.3. The fourth-order valence-corrected chi connectivity index (χ4v) is 3.26. The largest absolute Gasteiger partial charge is 0.349 e. The highest BCUT2D eigenvalue weighted by Gasteiger charge is 2.24. The Hall–Kier alpha value is -3.00. The molecule has 0 spiro atoms. The number of benzene rings is 2. The molecule has 0 saturated heterocycles. The van der Waals surface area contributed by atoms with Gasteiger partial charge in [0.05, 0.1) is 11.0 Å². The molecule has 0 unspecified atom stereocenters. The van der Waals surface area contributed by atoms with Gasteiger partial charge in [0.15, 0.2) is 5.82 Å². The molecule has 148 valence electrons. The number of aromatic nitrogens is 2. The van der Waals surface area contributed by atoms with Crippen LogP contribution in [-0.2, 0) is 6.54 Å². The standard InChI is InChI=1S/C21H18BrFN4O2/c22-17-12-27(11-15-4-1-2-7-18(15)23)26-19(17)25-21(29)14-6-3-5-13(10-14)20(28)24-16-8-9-16/h1-7,10,12,16H,8-9,11H2,(H,24,28)(H,25,26,29). The van der Waals surface area contributed by atoms with Crippen LogP contribution >= 0.6 is 15.9 Å². The highest BCUT2D eigenvalue weighted by Crippen LogP contribution is 2.23. The van der Waals surface area contributed by atoms with Crippen molar-refractivity contribution < 1.29 is 14.0 Å². The van der Waals surface area contributed by atoms with E-state index in [1.54, 1.807) is 48.7 Å². The Bertz CT molecular complexity index is 1080. The van der Waals surface area contributed by atoms with E-state index in [0.717, 1.165) is 12.8 Å². The summed E-state index contributed by atoms with van der Waals surface area (Å²) in [5, 5.41) is 9.93. The number of rotatable bonds is 6. The molecule has 2 N–H and O–H groups in total. The molecule has 1 saturated carbocycles. The maximum Gasteiger partial charge on any atom is 0.256 e. The van der Waals surface area contributed by atoms with E-state index in [1.165, 1.54) is 10.7 Å². The van der Waals surface area contributed by atoms with Gasteiger partial charge in [-0.3, -0.25) is 14.3 Å². The molecule has 1 heterocycles. The van der Waals surface area contributed by atoms with Crippen molar-refractivity contribution in [2.45, 2.75) is 25.4 Å². The summed E-state index contributed by atoms with van der Waals surface area (Å²) in [6, 6.07) is 13.2. The number of hydrogen-bond acceptors (Lipinski definition) is 3. The molecule has 3 aromatic rings. The minimum Gasteiger partial charge on any atom is -0.349 e. The van der Waals surface area contributed by atoms with Crippen molar-refractivity contribution in [1.29, 1.82) is 0 Å². The van der Waals surface area contributed by atoms with Crippen molar-refractivity contribution >= 4 is 33.6 Å². The Labute approximate surface area is 175 Å². The van der Waals surface area contributed by atoms with Crippen LogP contribution in [0.3, 0.4) is 0 Å². The summed E-state index contributed by atoms with van der Waals surface area (Å²) in [6.45, 7) is 0.234. The lowest BCUT2D eigenvalue weighted by Gasteiger charge is -2.07. The van der Waals surface area contributed by atoms with Crippen LogP contribution in [0.25, 0.3) is 0 Å². The number of halogens is 2. The van der Waals surface area contributed by atoms with Gasteiger partial charge >= 0.3 is 0 Å². The van der Waals surface area contributed by atoms with Crippen LogP contribution in [0.15, 0.2) is 59.2 Å². The minimum absolute atomic E-state index is 0.183. The molecular formula is C21H18BrFN4O2. The van der Waals surface area contributed by atoms with E-state index in [0.29, 0.717) is 27.0 Å². The van der Waals surface area contributed by atoms with E-state index >= 15 is 0 Å². The molecule has 6 nitrogen and oxygen atoms in total. The fraction of sp³-hybridized carbons (Fsp3) is 0.190. The molecule has 2 amide bonds. The monoisotopic (exact) mass is 456 g/mol. The lowest BCUT2D eigenvalue weighted by Crippen LogP contribution is -2.25. The lowest BCUT2D eigenvalue weighted by atomic mass is 10.1. The minimum atomic E-state index is -0.386. The van der Waals surface area contributed by atoms with Gasteiger partial charge in [0.2, 0.25) is 0 Å². The summed E-state index contributed by atoms with van der Waals surface area (Å²) in [4.78, 5) is 24.8. The maximum atomic E-state index is 13.8. The van der Waals surface area contributed by atoms with Crippen molar-refractivity contribution in [3.8, 4) is 0 Å². The first-order chi connectivity index (χ1) is 14.0. The second kappa shape index (κ2) is 8.16. The Morgan fingerprint density at radius 1 is 1.10 bits per heavy atom. The average Bonchev–Trinajstić information content (AvgIpc) is 3.46. The molecule has 1 aromatic heterocycles. The van der Waals surface area contributed by atoms with Gasteiger partial charge in [0, 0.05) is 28.9 Å². The third kappa shape index (κ3) is 4.71. The highest BCUT2D eigenvalue weighted by atomic mass is 79.9. The van der Waals surface area contributed by atoms with Crippen molar-refractivity contribution in [3.05, 3.63) is 81.7 Å². The summed E-state index contributed by atoms with van der Waals surface area (Å²) in [5.41, 5.74) is 1.28. The summed E-state index contributed by atoms with van der Waals surface area (Å²) >= 11 is 3.37. The summed E-state index contributed by atoms with van der Waals surface area (Å²) in [7, 11) is 0. The predicted octanol–water partition coefficient (Wildman–Crippen LogP) is 3.98. The van der Waals surface area contributed by atoms with Gasteiger partial charge in [-0.1, -0.05) is 24.3 Å². The van der Waals surface area contributed by atoms with Crippen LogP contribution < -0.4 is 10.6 Å². The topological polar surface area (TPSA) is 76.0 Å². The van der Waals surface area contributed by atoms with Crippen molar-refractivity contribution in [3.63, 3.8) is 0 Å². The van der Waals surface area contributed by atoms with Crippen LogP contribution in [0.2, 0.25) is 0 Å². The van der Waals surface area contributed by atoms with Gasteiger partial charge < -0.3 is 10.6 Å². The summed E-state index contributed by atoms with van der Waals surface area (Å²) in [5.74, 6) is -0.564. The first-order valence-corrected chi connectivity index (χ1v) is 9.97. The van der Waals surface area contributed by atoms with Crippen molar-refractivity contribution in [2.75, 3.05) is 5.32 Å². The number of nitrogens with zero attached hydrogens (tertiary/aromatic N) is 2. The molecule has 29 heavy (non-hydrogen) atoms. The number of anilines is 1. The van der Waals surface area contributed by atoms with E-state index in [-0.39, 0.29) is 30.2 Å². The molecule has 2 aromatic carbocycles. The van der Waals surface area contributed by atoms with Crippen LogP contribution in [-0.4, -0.2) is 27.6 Å². The summed E-state index contributed by atoms with van der Waals surface area (Å²) in [6.07, 6.45) is 3.66. The lowest BCUT2D eigenvalue weighted by molar-refractivity contribution is 0.0951. The molecule has 0 atom stereocenters. The van der Waals surface area contributed by atoms with Gasteiger partial charge in [-0.2, -0.15) is 5.10 Å². The molecule has 1 aliphatic carbocycles. The van der Waals surface area contributed by atoms with Crippen molar-refractivity contribution in [2.24, 2.45) is 0 Å². The van der Waals surface area contributed by atoms with E-state index in [9.17, 15) is 14.0 Å².